The molecule has 19 heavy (non-hydrogen) atoms. The molecule has 102 valence electrons. The van der Waals surface area contributed by atoms with Gasteiger partial charge in [-0.15, -0.1) is 11.8 Å². The van der Waals surface area contributed by atoms with Crippen LogP contribution in [0.4, 0.5) is 0 Å². The van der Waals surface area contributed by atoms with Crippen molar-refractivity contribution >= 4 is 40.5 Å². The SMILES string of the molecule is CCCCSC1=CC(c2cccc(Cl)c2)=C(Cl)CC1. The molecule has 0 bridgehead atoms. The molecule has 0 spiro atoms. The monoisotopic (exact) mass is 312 g/mol. The molecule has 1 aromatic carbocycles. The van der Waals surface area contributed by atoms with Crippen molar-refractivity contribution in [3.05, 3.63) is 50.9 Å². The number of halogens is 2. The highest BCUT2D eigenvalue weighted by Crippen LogP contribution is 2.37. The molecule has 0 aromatic heterocycles. The van der Waals surface area contributed by atoms with Crippen LogP contribution in [0.2, 0.25) is 5.02 Å². The lowest BCUT2D eigenvalue weighted by molar-refractivity contribution is 0.895. The standard InChI is InChI=1S/C16H18Cl2S/c1-2-3-9-19-14-7-8-16(18)15(11-14)12-5-4-6-13(17)10-12/h4-6,10-11H,2-3,7-9H2,1H3. The third-order valence-electron chi connectivity index (χ3n) is 3.11. The van der Waals surface area contributed by atoms with E-state index >= 15 is 0 Å². The molecule has 1 aliphatic carbocycles. The van der Waals surface area contributed by atoms with Crippen LogP contribution in [-0.2, 0) is 0 Å². The van der Waals surface area contributed by atoms with Gasteiger partial charge in [0.05, 0.1) is 0 Å². The van der Waals surface area contributed by atoms with Gasteiger partial charge in [-0.3, -0.25) is 0 Å². The molecule has 0 fully saturated rings. The molecule has 0 atom stereocenters. The Kier molecular flexibility index (Phi) is 5.87. The van der Waals surface area contributed by atoms with E-state index in [0.717, 1.165) is 34.0 Å². The van der Waals surface area contributed by atoms with Crippen LogP contribution in [0.3, 0.4) is 0 Å². The molecular weight excluding hydrogens is 295 g/mol. The van der Waals surface area contributed by atoms with Crippen LogP contribution >= 0.6 is 35.0 Å². The van der Waals surface area contributed by atoms with Crippen LogP contribution in [0.5, 0.6) is 0 Å². The van der Waals surface area contributed by atoms with Gasteiger partial charge in [-0.1, -0.05) is 48.7 Å². The van der Waals surface area contributed by atoms with E-state index in [1.807, 2.05) is 30.0 Å². The Bertz CT molecular complexity index is 503. The molecule has 0 amide bonds. The van der Waals surface area contributed by atoms with E-state index in [9.17, 15) is 0 Å². The quantitative estimate of drug-likeness (QED) is 0.559. The van der Waals surface area contributed by atoms with E-state index in [2.05, 4.69) is 19.1 Å². The Morgan fingerprint density at radius 2 is 2.05 bits per heavy atom. The van der Waals surface area contributed by atoms with E-state index in [0.29, 0.717) is 0 Å². The minimum Gasteiger partial charge on any atom is -0.131 e. The maximum absolute atomic E-state index is 6.38. The Morgan fingerprint density at radius 3 is 2.79 bits per heavy atom. The van der Waals surface area contributed by atoms with Gasteiger partial charge in [0.2, 0.25) is 0 Å². The zero-order valence-electron chi connectivity index (χ0n) is 11.1. The Morgan fingerprint density at radius 1 is 1.21 bits per heavy atom. The van der Waals surface area contributed by atoms with Crippen molar-refractivity contribution in [3.8, 4) is 0 Å². The van der Waals surface area contributed by atoms with E-state index in [1.165, 1.54) is 23.5 Å². The van der Waals surface area contributed by atoms with Crippen molar-refractivity contribution < 1.29 is 0 Å². The van der Waals surface area contributed by atoms with Gasteiger partial charge >= 0.3 is 0 Å². The first-order valence-electron chi connectivity index (χ1n) is 6.68. The Labute approximate surface area is 129 Å². The summed E-state index contributed by atoms with van der Waals surface area (Å²) in [7, 11) is 0. The minimum atomic E-state index is 0.758. The fourth-order valence-corrected chi connectivity index (χ4v) is 3.63. The summed E-state index contributed by atoms with van der Waals surface area (Å²) in [6, 6.07) is 7.92. The summed E-state index contributed by atoms with van der Waals surface area (Å²) in [5.41, 5.74) is 2.25. The summed E-state index contributed by atoms with van der Waals surface area (Å²) in [5, 5.41) is 1.70. The number of unbranched alkanes of at least 4 members (excludes halogenated alkanes) is 1. The predicted molar refractivity (Wildman–Crippen MR) is 88.9 cm³/mol. The van der Waals surface area contributed by atoms with Crippen LogP contribution < -0.4 is 0 Å². The number of rotatable bonds is 5. The molecule has 0 radical (unpaired) electrons. The first kappa shape index (κ1) is 15.0. The van der Waals surface area contributed by atoms with Crippen molar-refractivity contribution in [1.29, 1.82) is 0 Å². The number of hydrogen-bond donors (Lipinski definition) is 0. The summed E-state index contributed by atoms with van der Waals surface area (Å²) in [6.45, 7) is 2.23. The topological polar surface area (TPSA) is 0 Å². The van der Waals surface area contributed by atoms with Gasteiger partial charge in [-0.25, -0.2) is 0 Å². The highest BCUT2D eigenvalue weighted by atomic mass is 35.5. The molecule has 1 aromatic rings. The lowest BCUT2D eigenvalue weighted by atomic mass is 9.99. The van der Waals surface area contributed by atoms with Crippen LogP contribution in [0.25, 0.3) is 5.57 Å². The predicted octanol–water partition coefficient (Wildman–Crippen LogP) is 6.50. The smallest absolute Gasteiger partial charge is 0.0412 e. The van der Waals surface area contributed by atoms with Gasteiger partial charge < -0.3 is 0 Å². The van der Waals surface area contributed by atoms with Gasteiger partial charge in [0, 0.05) is 10.1 Å². The molecule has 2 rings (SSSR count). The first-order chi connectivity index (χ1) is 9.20. The number of thioether (sulfide) groups is 1. The van der Waals surface area contributed by atoms with E-state index < -0.39 is 0 Å². The molecule has 0 nitrogen and oxygen atoms in total. The number of allylic oxidation sites excluding steroid dienone is 4. The van der Waals surface area contributed by atoms with Crippen LogP contribution in [0.1, 0.15) is 38.2 Å². The summed E-state index contributed by atoms with van der Waals surface area (Å²) in [5.74, 6) is 1.20. The zero-order chi connectivity index (χ0) is 13.7. The molecule has 0 saturated carbocycles. The number of hydrogen-bond acceptors (Lipinski definition) is 1. The summed E-state index contributed by atoms with van der Waals surface area (Å²) >= 11 is 14.4. The molecule has 0 aliphatic heterocycles. The second-order valence-corrected chi connectivity index (χ2v) is 6.76. The van der Waals surface area contributed by atoms with Crippen LogP contribution in [0.15, 0.2) is 40.3 Å². The fraction of sp³-hybridized carbons (Fsp3) is 0.375. The summed E-state index contributed by atoms with van der Waals surface area (Å²) in [6.07, 6.45) is 6.76. The molecular formula is C16H18Cl2S. The van der Waals surface area contributed by atoms with E-state index in [-0.39, 0.29) is 0 Å². The average Bonchev–Trinajstić information content (AvgIpc) is 2.41. The average molecular weight is 313 g/mol. The molecule has 0 saturated heterocycles. The second-order valence-electron chi connectivity index (χ2n) is 4.64. The van der Waals surface area contributed by atoms with Crippen LogP contribution in [-0.4, -0.2) is 5.75 Å². The minimum absolute atomic E-state index is 0.758. The third-order valence-corrected chi connectivity index (χ3v) is 4.92. The third kappa shape index (κ3) is 4.30. The van der Waals surface area contributed by atoms with Crippen molar-refractivity contribution in [2.45, 2.75) is 32.6 Å². The first-order valence-corrected chi connectivity index (χ1v) is 8.43. The van der Waals surface area contributed by atoms with Gasteiger partial charge in [0.25, 0.3) is 0 Å². The van der Waals surface area contributed by atoms with Crippen molar-refractivity contribution in [2.24, 2.45) is 0 Å². The molecule has 0 heterocycles. The lowest BCUT2D eigenvalue weighted by Gasteiger charge is -2.17. The Balaban J connectivity index is 2.18. The van der Waals surface area contributed by atoms with Gasteiger partial charge in [0.15, 0.2) is 0 Å². The Hall–Kier alpha value is -0.370. The van der Waals surface area contributed by atoms with Gasteiger partial charge in [-0.05, 0) is 59.3 Å². The molecule has 1 aliphatic rings. The lowest BCUT2D eigenvalue weighted by Crippen LogP contribution is -1.95. The summed E-state index contributed by atoms with van der Waals surface area (Å²) in [4.78, 5) is 1.44. The van der Waals surface area contributed by atoms with Crippen molar-refractivity contribution in [1.82, 2.24) is 0 Å². The normalized spacial score (nSPS) is 15.6. The maximum Gasteiger partial charge on any atom is 0.0412 e. The largest absolute Gasteiger partial charge is 0.131 e. The van der Waals surface area contributed by atoms with Gasteiger partial charge in [0.1, 0.15) is 0 Å². The molecule has 0 N–H and O–H groups in total. The highest BCUT2D eigenvalue weighted by molar-refractivity contribution is 8.03. The second kappa shape index (κ2) is 7.42. The number of benzene rings is 1. The molecule has 3 heteroatoms. The highest BCUT2D eigenvalue weighted by Gasteiger charge is 2.14. The van der Waals surface area contributed by atoms with Crippen molar-refractivity contribution in [3.63, 3.8) is 0 Å². The van der Waals surface area contributed by atoms with E-state index in [1.54, 1.807) is 0 Å². The van der Waals surface area contributed by atoms with Crippen LogP contribution in [0, 0.1) is 0 Å². The van der Waals surface area contributed by atoms with Crippen molar-refractivity contribution in [2.75, 3.05) is 5.75 Å². The maximum atomic E-state index is 6.38. The van der Waals surface area contributed by atoms with Gasteiger partial charge in [-0.2, -0.15) is 0 Å². The fourth-order valence-electron chi connectivity index (χ4n) is 2.04. The summed E-state index contributed by atoms with van der Waals surface area (Å²) < 4.78 is 0. The molecule has 0 unspecified atom stereocenters. The van der Waals surface area contributed by atoms with E-state index in [4.69, 9.17) is 23.2 Å². The zero-order valence-corrected chi connectivity index (χ0v) is 13.4.